The van der Waals surface area contributed by atoms with Crippen molar-refractivity contribution in [3.05, 3.63) is 99.6 Å². The molecule has 31 heavy (non-hydrogen) atoms. The van der Waals surface area contributed by atoms with Crippen LogP contribution in [0.5, 0.6) is 0 Å². The highest BCUT2D eigenvalue weighted by molar-refractivity contribution is 9.10. The van der Waals surface area contributed by atoms with Gasteiger partial charge in [0.2, 0.25) is 0 Å². The summed E-state index contributed by atoms with van der Waals surface area (Å²) in [5, 5.41) is 0. The highest BCUT2D eigenvalue weighted by Crippen LogP contribution is 2.31. The molecule has 1 aliphatic heterocycles. The molecule has 4 rings (SSSR count). The van der Waals surface area contributed by atoms with E-state index in [0.717, 1.165) is 20.1 Å². The highest BCUT2D eigenvalue weighted by Gasteiger charge is 2.33. The summed E-state index contributed by atoms with van der Waals surface area (Å²) < 4.78 is 9.34. The SMILES string of the molecule is CCOC(=O)C1=C(C)N=c2s/c(=C\c3ccc(Br)cc3)c(=O)n2[C@@H]1c1ccc(Br)cc1. The summed E-state index contributed by atoms with van der Waals surface area (Å²) in [6.07, 6.45) is 1.85. The Bertz CT molecular complexity index is 1350. The summed E-state index contributed by atoms with van der Waals surface area (Å²) >= 11 is 8.19. The lowest BCUT2D eigenvalue weighted by atomic mass is 9.96. The van der Waals surface area contributed by atoms with E-state index in [1.54, 1.807) is 18.4 Å². The van der Waals surface area contributed by atoms with Crippen molar-refractivity contribution in [2.24, 2.45) is 4.99 Å². The predicted octanol–water partition coefficient (Wildman–Crippen LogP) is 4.32. The number of ether oxygens (including phenoxy) is 1. The van der Waals surface area contributed by atoms with Crippen LogP contribution in [0.15, 0.2) is 78.5 Å². The minimum absolute atomic E-state index is 0.186. The van der Waals surface area contributed by atoms with Gasteiger partial charge < -0.3 is 4.74 Å². The Hall–Kier alpha value is -2.29. The molecule has 0 aliphatic carbocycles. The lowest BCUT2D eigenvalue weighted by molar-refractivity contribution is -0.139. The van der Waals surface area contributed by atoms with E-state index in [0.29, 0.717) is 20.6 Å². The third-order valence-corrected chi connectivity index (χ3v) is 6.91. The van der Waals surface area contributed by atoms with Crippen molar-refractivity contribution in [1.29, 1.82) is 0 Å². The number of hydrogen-bond donors (Lipinski definition) is 0. The summed E-state index contributed by atoms with van der Waals surface area (Å²) in [5.41, 5.74) is 2.48. The second-order valence-electron chi connectivity index (χ2n) is 6.91. The molecule has 0 N–H and O–H groups in total. The zero-order chi connectivity index (χ0) is 22.1. The van der Waals surface area contributed by atoms with Crippen molar-refractivity contribution in [2.45, 2.75) is 19.9 Å². The highest BCUT2D eigenvalue weighted by atomic mass is 79.9. The van der Waals surface area contributed by atoms with Crippen LogP contribution >= 0.6 is 43.2 Å². The van der Waals surface area contributed by atoms with E-state index in [4.69, 9.17) is 4.74 Å². The smallest absolute Gasteiger partial charge is 0.338 e. The van der Waals surface area contributed by atoms with Gasteiger partial charge in [0.1, 0.15) is 0 Å². The number of allylic oxidation sites excluding steroid dienone is 1. The molecule has 8 heteroatoms. The van der Waals surface area contributed by atoms with Gasteiger partial charge in [0.05, 0.1) is 28.5 Å². The molecule has 0 unspecified atom stereocenters. The lowest BCUT2D eigenvalue weighted by Gasteiger charge is -2.24. The molecule has 158 valence electrons. The number of thiazole rings is 1. The molecular formula is C23H18Br2N2O3S. The number of fused-ring (bicyclic) bond motifs is 1. The first kappa shape index (κ1) is 21.9. The Morgan fingerprint density at radius 2 is 1.74 bits per heavy atom. The third kappa shape index (κ3) is 4.37. The number of carbonyl (C=O) groups excluding carboxylic acids is 1. The molecule has 1 aliphatic rings. The van der Waals surface area contributed by atoms with Crippen LogP contribution in [0.1, 0.15) is 31.0 Å². The molecule has 0 bridgehead atoms. The first-order valence-corrected chi connectivity index (χ1v) is 12.0. The van der Waals surface area contributed by atoms with Gasteiger partial charge in [-0.25, -0.2) is 9.79 Å². The van der Waals surface area contributed by atoms with Gasteiger partial charge in [-0.1, -0.05) is 67.5 Å². The van der Waals surface area contributed by atoms with Crippen LogP contribution in [-0.2, 0) is 9.53 Å². The molecule has 5 nitrogen and oxygen atoms in total. The van der Waals surface area contributed by atoms with Gasteiger partial charge in [-0.2, -0.15) is 0 Å². The average molecular weight is 562 g/mol. The number of benzene rings is 2. The number of esters is 1. The Kier molecular flexibility index (Phi) is 6.41. The molecule has 3 aromatic rings. The molecule has 0 spiro atoms. The molecule has 2 heterocycles. The second kappa shape index (κ2) is 9.06. The van der Waals surface area contributed by atoms with Crippen LogP contribution in [-0.4, -0.2) is 17.1 Å². The quantitative estimate of drug-likeness (QED) is 0.446. The van der Waals surface area contributed by atoms with Crippen LogP contribution in [0.3, 0.4) is 0 Å². The van der Waals surface area contributed by atoms with Crippen LogP contribution in [0, 0.1) is 0 Å². The summed E-state index contributed by atoms with van der Waals surface area (Å²) in [6.45, 7) is 3.79. The topological polar surface area (TPSA) is 60.7 Å². The zero-order valence-electron chi connectivity index (χ0n) is 16.8. The van der Waals surface area contributed by atoms with E-state index >= 15 is 0 Å². The maximum atomic E-state index is 13.5. The van der Waals surface area contributed by atoms with Gasteiger partial charge in [-0.15, -0.1) is 0 Å². The number of halogens is 2. The maximum absolute atomic E-state index is 13.5. The van der Waals surface area contributed by atoms with Crippen molar-refractivity contribution in [3.8, 4) is 0 Å². The zero-order valence-corrected chi connectivity index (χ0v) is 20.8. The van der Waals surface area contributed by atoms with E-state index in [9.17, 15) is 9.59 Å². The van der Waals surface area contributed by atoms with Crippen molar-refractivity contribution in [2.75, 3.05) is 6.61 Å². The fourth-order valence-corrected chi connectivity index (χ4v) is 5.04. The second-order valence-corrected chi connectivity index (χ2v) is 9.75. The van der Waals surface area contributed by atoms with Crippen LogP contribution < -0.4 is 14.9 Å². The van der Waals surface area contributed by atoms with E-state index in [-0.39, 0.29) is 12.2 Å². The van der Waals surface area contributed by atoms with Crippen molar-refractivity contribution >= 4 is 55.2 Å². The number of aromatic nitrogens is 1. The first-order valence-electron chi connectivity index (χ1n) is 9.59. The van der Waals surface area contributed by atoms with Gasteiger partial charge in [0.25, 0.3) is 5.56 Å². The Morgan fingerprint density at radius 1 is 1.13 bits per heavy atom. The fraction of sp³-hybridized carbons (Fsp3) is 0.174. The van der Waals surface area contributed by atoms with Crippen molar-refractivity contribution in [3.63, 3.8) is 0 Å². The number of hydrogen-bond acceptors (Lipinski definition) is 5. The monoisotopic (exact) mass is 560 g/mol. The Labute approximate surface area is 199 Å². The lowest BCUT2D eigenvalue weighted by Crippen LogP contribution is -2.39. The van der Waals surface area contributed by atoms with Gasteiger partial charge in [0, 0.05) is 8.95 Å². The standard InChI is InChI=1S/C23H18Br2N2O3S/c1-3-30-22(29)19-13(2)26-23-27(20(19)15-6-10-17(25)11-7-15)21(28)18(31-23)12-14-4-8-16(24)9-5-14/h4-12,20H,3H2,1-2H3/b18-12-/t20-/m1/s1. The van der Waals surface area contributed by atoms with Crippen LogP contribution in [0.2, 0.25) is 0 Å². The molecule has 0 fully saturated rings. The van der Waals surface area contributed by atoms with E-state index in [1.165, 1.54) is 11.3 Å². The minimum atomic E-state index is -0.601. The van der Waals surface area contributed by atoms with E-state index in [1.807, 2.05) is 54.6 Å². The summed E-state index contributed by atoms with van der Waals surface area (Å²) in [5.74, 6) is -0.459. The summed E-state index contributed by atoms with van der Waals surface area (Å²) in [4.78, 5) is 31.4. The largest absolute Gasteiger partial charge is 0.463 e. The first-order chi connectivity index (χ1) is 14.9. The molecule has 1 atom stereocenters. The third-order valence-electron chi connectivity index (χ3n) is 4.87. The number of carbonyl (C=O) groups is 1. The molecule has 0 amide bonds. The fourth-order valence-electron chi connectivity index (χ4n) is 3.46. The molecule has 0 radical (unpaired) electrons. The minimum Gasteiger partial charge on any atom is -0.463 e. The molecule has 2 aromatic carbocycles. The van der Waals surface area contributed by atoms with Gasteiger partial charge in [-0.05, 0) is 55.3 Å². The molecule has 0 saturated heterocycles. The van der Waals surface area contributed by atoms with Crippen LogP contribution in [0.25, 0.3) is 6.08 Å². The van der Waals surface area contributed by atoms with Gasteiger partial charge >= 0.3 is 5.97 Å². The molecule has 0 saturated carbocycles. The average Bonchev–Trinajstić information content (AvgIpc) is 3.04. The van der Waals surface area contributed by atoms with Crippen molar-refractivity contribution < 1.29 is 9.53 Å². The molecule has 1 aromatic heterocycles. The molecular weight excluding hydrogens is 544 g/mol. The Balaban J connectivity index is 1.94. The maximum Gasteiger partial charge on any atom is 0.338 e. The van der Waals surface area contributed by atoms with E-state index in [2.05, 4.69) is 36.9 Å². The number of nitrogens with zero attached hydrogens (tertiary/aromatic N) is 2. The summed E-state index contributed by atoms with van der Waals surface area (Å²) in [6, 6.07) is 14.7. The predicted molar refractivity (Wildman–Crippen MR) is 129 cm³/mol. The van der Waals surface area contributed by atoms with Gasteiger partial charge in [-0.3, -0.25) is 9.36 Å². The van der Waals surface area contributed by atoms with Crippen LogP contribution in [0.4, 0.5) is 0 Å². The van der Waals surface area contributed by atoms with Gasteiger partial charge in [0.15, 0.2) is 4.80 Å². The number of rotatable bonds is 4. The Morgan fingerprint density at radius 3 is 2.35 bits per heavy atom. The van der Waals surface area contributed by atoms with E-state index < -0.39 is 12.0 Å². The normalized spacial score (nSPS) is 16.1. The summed E-state index contributed by atoms with van der Waals surface area (Å²) in [7, 11) is 0. The van der Waals surface area contributed by atoms with Crippen molar-refractivity contribution in [1.82, 2.24) is 4.57 Å².